The van der Waals surface area contributed by atoms with E-state index < -0.39 is 5.60 Å². The number of carbonyl (C=O) groups is 1. The van der Waals surface area contributed by atoms with Gasteiger partial charge in [-0.25, -0.2) is 4.98 Å². The average Bonchev–Trinajstić information content (AvgIpc) is 3.10. The Morgan fingerprint density at radius 3 is 2.83 bits per heavy atom. The maximum absolute atomic E-state index is 12.6. The molecule has 0 spiro atoms. The fourth-order valence-electron chi connectivity index (χ4n) is 3.32. The Balaban J connectivity index is 1.82. The Morgan fingerprint density at radius 2 is 2.13 bits per heavy atom. The van der Waals surface area contributed by atoms with Gasteiger partial charge in [0.25, 0.3) is 5.91 Å². The van der Waals surface area contributed by atoms with E-state index in [2.05, 4.69) is 24.1 Å². The molecule has 1 aliphatic carbocycles. The molecule has 2 N–H and O–H groups in total. The number of nitrogens with zero attached hydrogens (tertiary/aromatic N) is 2. The zero-order chi connectivity index (χ0) is 16.4. The lowest BCUT2D eigenvalue weighted by atomic mass is 10.0. The highest BCUT2D eigenvalue weighted by atomic mass is 16.3. The Morgan fingerprint density at radius 1 is 1.39 bits per heavy atom. The molecule has 5 nitrogen and oxygen atoms in total. The topological polar surface area (TPSA) is 66.6 Å². The molecular formula is C18H25N3O2. The molecule has 0 unspecified atom stereocenters. The summed E-state index contributed by atoms with van der Waals surface area (Å²) in [5.74, 6) is 1.17. The van der Waals surface area contributed by atoms with Crippen molar-refractivity contribution in [1.29, 1.82) is 0 Å². The van der Waals surface area contributed by atoms with E-state index in [4.69, 9.17) is 0 Å². The van der Waals surface area contributed by atoms with Crippen LogP contribution in [0.15, 0.2) is 24.4 Å². The monoisotopic (exact) mass is 315 g/mol. The summed E-state index contributed by atoms with van der Waals surface area (Å²) in [7, 11) is 0. The van der Waals surface area contributed by atoms with Crippen LogP contribution < -0.4 is 5.32 Å². The molecule has 1 amide bonds. The van der Waals surface area contributed by atoms with Crippen molar-refractivity contribution in [3.05, 3.63) is 35.9 Å². The summed E-state index contributed by atoms with van der Waals surface area (Å²) < 4.78 is 1.99. The number of aromatic nitrogens is 2. The standard InChI is InChI=1S/C18H25N3O2/c1-13(2)11-15-20-16(14-7-3-6-10-21(14)15)17(22)19-12-18(23)8-4-5-9-18/h3,6-7,10,13,23H,4-5,8-9,11-12H2,1-2H3,(H,19,22). The highest BCUT2D eigenvalue weighted by molar-refractivity contribution is 5.99. The lowest BCUT2D eigenvalue weighted by Crippen LogP contribution is -2.40. The third-order valence-corrected chi connectivity index (χ3v) is 4.54. The number of amides is 1. The molecular weight excluding hydrogens is 290 g/mol. The van der Waals surface area contributed by atoms with Crippen LogP contribution in [0.25, 0.3) is 5.52 Å². The molecule has 2 aromatic heterocycles. The van der Waals surface area contributed by atoms with Gasteiger partial charge in [-0.3, -0.25) is 4.79 Å². The van der Waals surface area contributed by atoms with E-state index in [0.29, 0.717) is 18.2 Å². The van der Waals surface area contributed by atoms with Crippen molar-refractivity contribution in [3.63, 3.8) is 0 Å². The highest BCUT2D eigenvalue weighted by Crippen LogP contribution is 2.28. The van der Waals surface area contributed by atoms with Crippen LogP contribution in [-0.4, -0.2) is 32.5 Å². The minimum Gasteiger partial charge on any atom is -0.388 e. The van der Waals surface area contributed by atoms with Crippen molar-refractivity contribution in [3.8, 4) is 0 Å². The Labute approximate surface area is 136 Å². The first-order chi connectivity index (χ1) is 11.0. The van der Waals surface area contributed by atoms with E-state index in [1.54, 1.807) is 0 Å². The lowest BCUT2D eigenvalue weighted by Gasteiger charge is -2.21. The van der Waals surface area contributed by atoms with Gasteiger partial charge in [0.15, 0.2) is 5.69 Å². The molecule has 0 atom stereocenters. The first-order valence-electron chi connectivity index (χ1n) is 8.45. The molecule has 3 rings (SSSR count). The number of pyridine rings is 1. The van der Waals surface area contributed by atoms with Gasteiger partial charge in [0.2, 0.25) is 0 Å². The molecule has 124 valence electrons. The smallest absolute Gasteiger partial charge is 0.272 e. The second-order valence-corrected chi connectivity index (χ2v) is 7.04. The van der Waals surface area contributed by atoms with Crippen molar-refractivity contribution >= 4 is 11.4 Å². The summed E-state index contributed by atoms with van der Waals surface area (Å²) in [6.07, 6.45) is 6.34. The summed E-state index contributed by atoms with van der Waals surface area (Å²) in [6.45, 7) is 4.58. The number of aliphatic hydroxyl groups is 1. The van der Waals surface area contributed by atoms with Gasteiger partial charge in [-0.2, -0.15) is 0 Å². The van der Waals surface area contributed by atoms with Crippen LogP contribution in [-0.2, 0) is 6.42 Å². The molecule has 23 heavy (non-hydrogen) atoms. The molecule has 0 radical (unpaired) electrons. The van der Waals surface area contributed by atoms with Crippen molar-refractivity contribution < 1.29 is 9.90 Å². The van der Waals surface area contributed by atoms with E-state index in [0.717, 1.165) is 43.4 Å². The molecule has 1 aliphatic rings. The summed E-state index contributed by atoms with van der Waals surface area (Å²) in [6, 6.07) is 5.77. The molecule has 1 fully saturated rings. The zero-order valence-electron chi connectivity index (χ0n) is 13.9. The largest absolute Gasteiger partial charge is 0.388 e. The van der Waals surface area contributed by atoms with Gasteiger partial charge >= 0.3 is 0 Å². The van der Waals surface area contributed by atoms with Gasteiger partial charge < -0.3 is 14.8 Å². The molecule has 0 saturated heterocycles. The van der Waals surface area contributed by atoms with Crippen LogP contribution in [0.1, 0.15) is 55.8 Å². The number of carbonyl (C=O) groups excluding carboxylic acids is 1. The number of hydrogen-bond acceptors (Lipinski definition) is 3. The third-order valence-electron chi connectivity index (χ3n) is 4.54. The molecule has 2 heterocycles. The molecule has 5 heteroatoms. The predicted molar refractivity (Wildman–Crippen MR) is 89.5 cm³/mol. The summed E-state index contributed by atoms with van der Waals surface area (Å²) in [5, 5.41) is 13.3. The maximum atomic E-state index is 12.6. The zero-order valence-corrected chi connectivity index (χ0v) is 13.9. The summed E-state index contributed by atoms with van der Waals surface area (Å²) in [4.78, 5) is 17.1. The third kappa shape index (κ3) is 3.39. The van der Waals surface area contributed by atoms with Crippen LogP contribution >= 0.6 is 0 Å². The first-order valence-corrected chi connectivity index (χ1v) is 8.45. The lowest BCUT2D eigenvalue weighted by molar-refractivity contribution is 0.0449. The minimum absolute atomic E-state index is 0.205. The van der Waals surface area contributed by atoms with Crippen LogP contribution in [0.2, 0.25) is 0 Å². The van der Waals surface area contributed by atoms with Gasteiger partial charge in [-0.1, -0.05) is 32.8 Å². The molecule has 0 aliphatic heterocycles. The maximum Gasteiger partial charge on any atom is 0.272 e. The number of imidazole rings is 1. The fraction of sp³-hybridized carbons (Fsp3) is 0.556. The quantitative estimate of drug-likeness (QED) is 0.891. The minimum atomic E-state index is -0.744. The van der Waals surface area contributed by atoms with Crippen LogP contribution in [0.4, 0.5) is 0 Å². The summed E-state index contributed by atoms with van der Waals surface area (Å²) in [5.41, 5.74) is 0.522. The Kier molecular flexibility index (Phi) is 4.39. The molecule has 1 saturated carbocycles. The Bertz CT molecular complexity index is 699. The van der Waals surface area contributed by atoms with E-state index in [-0.39, 0.29) is 5.91 Å². The number of rotatable bonds is 5. The fourth-order valence-corrected chi connectivity index (χ4v) is 3.32. The van der Waals surface area contributed by atoms with Crippen LogP contribution in [0.3, 0.4) is 0 Å². The molecule has 0 bridgehead atoms. The second kappa shape index (κ2) is 6.32. The van der Waals surface area contributed by atoms with Crippen molar-refractivity contribution in [2.75, 3.05) is 6.54 Å². The highest BCUT2D eigenvalue weighted by Gasteiger charge is 2.31. The number of hydrogen-bond donors (Lipinski definition) is 2. The van der Waals surface area contributed by atoms with Gasteiger partial charge in [0.1, 0.15) is 5.82 Å². The van der Waals surface area contributed by atoms with Crippen molar-refractivity contribution in [1.82, 2.24) is 14.7 Å². The molecule has 0 aromatic carbocycles. The van der Waals surface area contributed by atoms with E-state index in [1.807, 2.05) is 28.8 Å². The molecule has 2 aromatic rings. The predicted octanol–water partition coefficient (Wildman–Crippen LogP) is 2.57. The van der Waals surface area contributed by atoms with Crippen LogP contribution in [0, 0.1) is 5.92 Å². The van der Waals surface area contributed by atoms with Gasteiger partial charge in [-0.15, -0.1) is 0 Å². The SMILES string of the molecule is CC(C)Cc1nc(C(=O)NCC2(O)CCCC2)c2ccccn12. The number of fused-ring (bicyclic) bond motifs is 1. The van der Waals surface area contributed by atoms with Crippen LogP contribution in [0.5, 0.6) is 0 Å². The summed E-state index contributed by atoms with van der Waals surface area (Å²) >= 11 is 0. The number of nitrogens with one attached hydrogen (secondary N) is 1. The Hall–Kier alpha value is -1.88. The second-order valence-electron chi connectivity index (χ2n) is 7.04. The first kappa shape index (κ1) is 16.0. The van der Waals surface area contributed by atoms with Crippen molar-refractivity contribution in [2.45, 2.75) is 51.6 Å². The van der Waals surface area contributed by atoms with E-state index >= 15 is 0 Å². The van der Waals surface area contributed by atoms with Crippen molar-refractivity contribution in [2.24, 2.45) is 5.92 Å². The van der Waals surface area contributed by atoms with E-state index in [9.17, 15) is 9.90 Å². The van der Waals surface area contributed by atoms with Gasteiger partial charge in [0, 0.05) is 19.2 Å². The van der Waals surface area contributed by atoms with Gasteiger partial charge in [0.05, 0.1) is 11.1 Å². The van der Waals surface area contributed by atoms with Gasteiger partial charge in [-0.05, 0) is 30.9 Å². The normalized spacial score (nSPS) is 17.0. The average molecular weight is 315 g/mol. The van der Waals surface area contributed by atoms with E-state index in [1.165, 1.54) is 0 Å².